The van der Waals surface area contributed by atoms with Gasteiger partial charge in [0.05, 0.1) is 22.1 Å². The molecule has 0 N–H and O–H groups in total. The molecule has 2 nitrogen and oxygen atoms in total. The Bertz CT molecular complexity index is 3120. The van der Waals surface area contributed by atoms with Gasteiger partial charge in [-0.2, -0.15) is 0 Å². The Balaban J connectivity index is 1.13. The molecule has 11 rings (SSSR count). The van der Waals surface area contributed by atoms with Crippen LogP contribution in [0.5, 0.6) is 0 Å². The lowest BCUT2D eigenvalue weighted by molar-refractivity contribution is 1.17. The number of nitrogens with zero attached hydrogens (tertiary/aromatic N) is 2. The Morgan fingerprint density at radius 2 is 0.941 bits per heavy atom. The van der Waals surface area contributed by atoms with Gasteiger partial charge in [0, 0.05) is 53.1 Å². The van der Waals surface area contributed by atoms with Gasteiger partial charge in [-0.25, -0.2) is 0 Å². The standard InChI is InChI=1S/C48H30N2S/c1-2-11-31(12-3-1)33-13-10-14-36(29-33)50-42-18-7-4-15-37(42)39-26-27-44-47(48(39)50)40-17-5-8-19-43(40)49(44)35-24-21-32(22-25-35)34-23-28-46-41(30-34)38-16-6-9-20-45(38)51-46/h1-30H. The van der Waals surface area contributed by atoms with Gasteiger partial charge in [0.15, 0.2) is 0 Å². The second-order valence-corrected chi connectivity index (χ2v) is 14.4. The third-order valence-corrected chi connectivity index (χ3v) is 11.7. The highest BCUT2D eigenvalue weighted by Crippen LogP contribution is 2.43. The molecule has 3 aromatic heterocycles. The highest BCUT2D eigenvalue weighted by Gasteiger charge is 2.21. The molecule has 8 aromatic carbocycles. The van der Waals surface area contributed by atoms with Gasteiger partial charge in [0.1, 0.15) is 0 Å². The predicted molar refractivity (Wildman–Crippen MR) is 219 cm³/mol. The molecule has 0 saturated heterocycles. The quantitative estimate of drug-likeness (QED) is 0.177. The first kappa shape index (κ1) is 28.4. The van der Waals surface area contributed by atoms with Crippen LogP contribution in [0.1, 0.15) is 0 Å². The van der Waals surface area contributed by atoms with E-state index in [0.717, 1.165) is 11.4 Å². The van der Waals surface area contributed by atoms with E-state index < -0.39 is 0 Å². The Morgan fingerprint density at radius 1 is 0.314 bits per heavy atom. The van der Waals surface area contributed by atoms with Crippen molar-refractivity contribution in [2.24, 2.45) is 0 Å². The van der Waals surface area contributed by atoms with E-state index in [9.17, 15) is 0 Å². The Morgan fingerprint density at radius 3 is 1.78 bits per heavy atom. The zero-order chi connectivity index (χ0) is 33.5. The van der Waals surface area contributed by atoms with Crippen molar-refractivity contribution in [2.45, 2.75) is 0 Å². The zero-order valence-corrected chi connectivity index (χ0v) is 28.4. The van der Waals surface area contributed by atoms with Crippen molar-refractivity contribution in [1.82, 2.24) is 9.13 Å². The average molecular weight is 667 g/mol. The normalized spacial score (nSPS) is 11.9. The van der Waals surface area contributed by atoms with Crippen LogP contribution >= 0.6 is 11.3 Å². The minimum atomic E-state index is 1.15. The van der Waals surface area contributed by atoms with E-state index in [4.69, 9.17) is 0 Å². The van der Waals surface area contributed by atoms with Crippen molar-refractivity contribution in [2.75, 3.05) is 0 Å². The fourth-order valence-corrected chi connectivity index (χ4v) is 9.31. The minimum absolute atomic E-state index is 1.15. The molecule has 3 heteroatoms. The van der Waals surface area contributed by atoms with E-state index in [1.807, 2.05) is 11.3 Å². The number of hydrogen-bond acceptors (Lipinski definition) is 1. The van der Waals surface area contributed by atoms with E-state index in [1.54, 1.807) is 0 Å². The summed E-state index contributed by atoms with van der Waals surface area (Å²) in [6.07, 6.45) is 0. The highest BCUT2D eigenvalue weighted by atomic mass is 32.1. The largest absolute Gasteiger partial charge is 0.309 e. The van der Waals surface area contributed by atoms with Gasteiger partial charge in [-0.15, -0.1) is 11.3 Å². The van der Waals surface area contributed by atoms with Crippen LogP contribution < -0.4 is 0 Å². The highest BCUT2D eigenvalue weighted by molar-refractivity contribution is 7.25. The van der Waals surface area contributed by atoms with E-state index in [1.165, 1.54) is 86.0 Å². The van der Waals surface area contributed by atoms with E-state index in [0.29, 0.717) is 0 Å². The van der Waals surface area contributed by atoms with Crippen LogP contribution in [0.4, 0.5) is 0 Å². The molecular weight excluding hydrogens is 637 g/mol. The second kappa shape index (κ2) is 11.0. The summed E-state index contributed by atoms with van der Waals surface area (Å²) in [6.45, 7) is 0. The van der Waals surface area contributed by atoms with Crippen molar-refractivity contribution >= 4 is 75.1 Å². The number of rotatable bonds is 4. The molecule has 0 amide bonds. The second-order valence-electron chi connectivity index (χ2n) is 13.3. The molecule has 0 aliphatic rings. The fraction of sp³-hybridized carbons (Fsp3) is 0. The van der Waals surface area contributed by atoms with Gasteiger partial charge >= 0.3 is 0 Å². The lowest BCUT2D eigenvalue weighted by atomic mass is 10.0. The molecule has 0 radical (unpaired) electrons. The molecular formula is C48H30N2S. The van der Waals surface area contributed by atoms with Crippen LogP contribution in [0.25, 0.3) is 97.4 Å². The monoisotopic (exact) mass is 666 g/mol. The summed E-state index contributed by atoms with van der Waals surface area (Å²) >= 11 is 1.86. The maximum Gasteiger partial charge on any atom is 0.0641 e. The SMILES string of the molecule is c1ccc(-c2cccc(-n3c4ccccc4c4ccc5c(c6ccccc6n5-c5ccc(-c6ccc7sc8ccccc8c7c6)cc5)c43)c2)cc1. The van der Waals surface area contributed by atoms with Crippen LogP contribution in [0.3, 0.4) is 0 Å². The fourth-order valence-electron chi connectivity index (χ4n) is 8.22. The van der Waals surface area contributed by atoms with Crippen LogP contribution in [-0.2, 0) is 0 Å². The van der Waals surface area contributed by atoms with E-state index in [2.05, 4.69) is 191 Å². The molecule has 11 aromatic rings. The summed E-state index contributed by atoms with van der Waals surface area (Å²) in [6, 6.07) is 66.6. The number of hydrogen-bond donors (Lipinski definition) is 0. The lowest BCUT2D eigenvalue weighted by Crippen LogP contribution is -1.96. The average Bonchev–Trinajstić information content (AvgIpc) is 3.86. The Hall–Kier alpha value is -6.42. The number of para-hydroxylation sites is 2. The van der Waals surface area contributed by atoms with Gasteiger partial charge < -0.3 is 9.13 Å². The van der Waals surface area contributed by atoms with Crippen molar-refractivity contribution in [1.29, 1.82) is 0 Å². The summed E-state index contributed by atoms with van der Waals surface area (Å²) in [5.41, 5.74) is 12.0. The maximum atomic E-state index is 2.48. The Labute approximate surface area is 298 Å². The van der Waals surface area contributed by atoms with Crippen LogP contribution in [0.15, 0.2) is 182 Å². The maximum absolute atomic E-state index is 2.48. The molecule has 0 spiro atoms. The summed E-state index contributed by atoms with van der Waals surface area (Å²) < 4.78 is 7.58. The number of aromatic nitrogens is 2. The predicted octanol–water partition coefficient (Wildman–Crippen LogP) is 13.6. The van der Waals surface area contributed by atoms with Crippen LogP contribution in [-0.4, -0.2) is 9.13 Å². The number of fused-ring (bicyclic) bond motifs is 10. The molecule has 3 heterocycles. The van der Waals surface area contributed by atoms with E-state index >= 15 is 0 Å². The molecule has 51 heavy (non-hydrogen) atoms. The first-order valence-corrected chi connectivity index (χ1v) is 18.3. The van der Waals surface area contributed by atoms with Crippen molar-refractivity contribution in [3.63, 3.8) is 0 Å². The summed E-state index contributed by atoms with van der Waals surface area (Å²) in [7, 11) is 0. The topological polar surface area (TPSA) is 9.86 Å². The molecule has 0 atom stereocenters. The number of thiophene rings is 1. The third kappa shape index (κ3) is 4.29. The molecule has 238 valence electrons. The Kier molecular flexibility index (Phi) is 6.16. The molecule has 0 aliphatic heterocycles. The van der Waals surface area contributed by atoms with Gasteiger partial charge in [0.25, 0.3) is 0 Å². The van der Waals surface area contributed by atoms with Gasteiger partial charge in [0.2, 0.25) is 0 Å². The first-order valence-electron chi connectivity index (χ1n) is 17.4. The first-order chi connectivity index (χ1) is 25.3. The minimum Gasteiger partial charge on any atom is -0.309 e. The van der Waals surface area contributed by atoms with Gasteiger partial charge in [-0.1, -0.05) is 121 Å². The summed E-state index contributed by atoms with van der Waals surface area (Å²) in [5, 5.41) is 7.70. The van der Waals surface area contributed by atoms with Crippen molar-refractivity contribution in [3.05, 3.63) is 182 Å². The lowest BCUT2D eigenvalue weighted by Gasteiger charge is -2.12. The molecule has 0 aliphatic carbocycles. The molecule has 0 bridgehead atoms. The molecule has 0 fully saturated rings. The van der Waals surface area contributed by atoms with Gasteiger partial charge in [-0.3, -0.25) is 0 Å². The van der Waals surface area contributed by atoms with Crippen molar-refractivity contribution in [3.8, 4) is 33.6 Å². The van der Waals surface area contributed by atoms with Crippen LogP contribution in [0.2, 0.25) is 0 Å². The smallest absolute Gasteiger partial charge is 0.0641 e. The van der Waals surface area contributed by atoms with Gasteiger partial charge in [-0.05, 0) is 82.9 Å². The third-order valence-electron chi connectivity index (χ3n) is 10.5. The number of benzene rings is 8. The summed E-state index contributed by atoms with van der Waals surface area (Å²) in [4.78, 5) is 0. The van der Waals surface area contributed by atoms with Crippen molar-refractivity contribution < 1.29 is 0 Å². The van der Waals surface area contributed by atoms with E-state index in [-0.39, 0.29) is 0 Å². The summed E-state index contributed by atoms with van der Waals surface area (Å²) in [5.74, 6) is 0. The zero-order valence-electron chi connectivity index (χ0n) is 27.6. The molecule has 0 saturated carbocycles. The van der Waals surface area contributed by atoms with Crippen LogP contribution in [0, 0.1) is 0 Å². The molecule has 0 unspecified atom stereocenters.